The second-order valence-corrected chi connectivity index (χ2v) is 15.3. The minimum absolute atomic E-state index is 0. The molecule has 10 aromatic rings. The molecule has 5 aromatic carbocycles. The van der Waals surface area contributed by atoms with Crippen LogP contribution in [0.2, 0.25) is 0 Å². The molecule has 0 atom stereocenters. The minimum Gasteiger partial charge on any atom is -0.444 e. The maximum absolute atomic E-state index is 13.0. The Kier molecular flexibility index (Phi) is 31.5. The largest absolute Gasteiger partial charge is 1.00 e. The summed E-state index contributed by atoms with van der Waals surface area (Å²) in [6.07, 6.45) is 14.1. The van der Waals surface area contributed by atoms with Gasteiger partial charge < -0.3 is 35.3 Å². The van der Waals surface area contributed by atoms with Gasteiger partial charge in [0.25, 0.3) is 0 Å². The average molecular weight is 1140 g/mol. The normalized spacial score (nSPS) is 9.77. The van der Waals surface area contributed by atoms with Gasteiger partial charge in [-0.15, -0.1) is 5.34 Å². The van der Waals surface area contributed by atoms with Crippen molar-refractivity contribution < 1.29 is 75.8 Å². The standard InChI is InChI=1S/C14H10FN3O.C14H9FN2O.C7H5ClFNO.C7H6FNO.C7H5FO.C7H6N2.CH4.HNO2.Na/c15-11-3-1-10(2-4-11)13-12(14(16)19-18-13)9-5-7-17-8-6-9;15-12-3-1-11(2-4-12)14-13(9-18-17-14)10-5-7-16-8-6-10;8-7(10-11)5-1-3-6(9)4-2-5;8-7-3-1-6(2-4-7)5-9-10;8-7-3-1-6(5-9)2-4-7;8-4-1-7-2-5-9-6-3-7;;2-1-3;/h1-8H,16H2;1-9H;1-4,11H;1-5,10H;1-5H;2-3,5-6H,1H2;1H4;(H,2,3);/q;;;;;;;;+1/p-1/b;;10-7-;9-5+;;;;;. The maximum atomic E-state index is 13.0. The molecule has 17 nitrogen and oxygen atoms in total. The zero-order valence-corrected chi connectivity index (χ0v) is 44.5. The van der Waals surface area contributed by atoms with Gasteiger partial charge in [0.05, 0.1) is 24.3 Å². The number of halogens is 6. The van der Waals surface area contributed by atoms with Gasteiger partial charge in [-0.2, -0.15) is 5.26 Å². The van der Waals surface area contributed by atoms with Crippen molar-refractivity contribution in [2.24, 2.45) is 15.7 Å². The van der Waals surface area contributed by atoms with Crippen LogP contribution in [0.3, 0.4) is 0 Å². The van der Waals surface area contributed by atoms with E-state index in [-0.39, 0.29) is 77.1 Å². The fourth-order valence-electron chi connectivity index (χ4n) is 6.09. The van der Waals surface area contributed by atoms with Crippen LogP contribution in [0.25, 0.3) is 44.8 Å². The van der Waals surface area contributed by atoms with Crippen LogP contribution in [-0.4, -0.2) is 53.4 Å². The van der Waals surface area contributed by atoms with E-state index in [1.165, 1.54) is 103 Å². The van der Waals surface area contributed by atoms with E-state index in [0.29, 0.717) is 46.3 Å². The molecule has 4 N–H and O–H groups in total. The summed E-state index contributed by atoms with van der Waals surface area (Å²) >= 11 is 5.42. The number of oxime groups is 2. The molecule has 0 aliphatic rings. The van der Waals surface area contributed by atoms with Gasteiger partial charge in [0, 0.05) is 65.0 Å². The Labute approximate surface area is 487 Å². The second-order valence-electron chi connectivity index (χ2n) is 15.0. The van der Waals surface area contributed by atoms with Crippen LogP contribution in [0.5, 0.6) is 0 Å². The van der Waals surface area contributed by atoms with Crippen LogP contribution in [0, 0.1) is 50.5 Å². The summed E-state index contributed by atoms with van der Waals surface area (Å²) in [6.45, 7) is 0. The Hall–Kier alpha value is -9.79. The smallest absolute Gasteiger partial charge is 0.444 e. The zero-order chi connectivity index (χ0) is 57.2. The van der Waals surface area contributed by atoms with E-state index < -0.39 is 0 Å². The third-order valence-electron chi connectivity index (χ3n) is 9.77. The van der Waals surface area contributed by atoms with E-state index in [9.17, 15) is 26.7 Å². The molecule has 0 fully saturated rings. The van der Waals surface area contributed by atoms with Crippen molar-refractivity contribution in [3.8, 4) is 50.8 Å². The molecule has 0 saturated heterocycles. The number of rotatable bonds is 8. The fourth-order valence-corrected chi connectivity index (χ4v) is 6.21. The van der Waals surface area contributed by atoms with E-state index in [4.69, 9.17) is 52.2 Å². The molecule has 0 radical (unpaired) electrons. The molecule has 0 amide bonds. The second kappa shape index (κ2) is 37.9. The van der Waals surface area contributed by atoms with Crippen molar-refractivity contribution in [3.63, 3.8) is 0 Å². The average Bonchev–Trinajstić information content (AvgIpc) is 4.17. The van der Waals surface area contributed by atoms with E-state index >= 15 is 0 Å². The first kappa shape index (κ1) is 67.3. The number of aldehydes is 1. The number of benzene rings is 5. The van der Waals surface area contributed by atoms with Crippen LogP contribution in [-0.2, 0) is 6.42 Å². The molecule has 0 spiro atoms. The Morgan fingerprint density at radius 1 is 0.617 bits per heavy atom. The van der Waals surface area contributed by atoms with E-state index in [0.717, 1.165) is 38.7 Å². The van der Waals surface area contributed by atoms with E-state index in [1.54, 1.807) is 67.7 Å². The van der Waals surface area contributed by atoms with Crippen molar-refractivity contribution in [3.05, 3.63) is 263 Å². The van der Waals surface area contributed by atoms with Crippen LogP contribution < -0.4 is 35.3 Å². The number of nitriles is 1. The van der Waals surface area contributed by atoms with E-state index in [1.807, 2.05) is 36.4 Å². The van der Waals surface area contributed by atoms with Gasteiger partial charge in [-0.3, -0.25) is 19.7 Å². The summed E-state index contributed by atoms with van der Waals surface area (Å²) < 4.78 is 72.6. The number of pyridine rings is 3. The van der Waals surface area contributed by atoms with Crippen LogP contribution in [0.4, 0.5) is 27.8 Å². The van der Waals surface area contributed by atoms with Gasteiger partial charge in [0.15, 0.2) is 5.17 Å². The Morgan fingerprint density at radius 3 is 1.46 bits per heavy atom. The summed E-state index contributed by atoms with van der Waals surface area (Å²) in [5.74, 6) is -1.31. The first-order chi connectivity index (χ1) is 38.3. The molecular weight excluding hydrogens is 1090 g/mol. The summed E-state index contributed by atoms with van der Waals surface area (Å²) in [5.41, 5.74) is 14.7. The topological polar surface area (TPSA) is 275 Å². The number of nitrogens with zero attached hydrogens (tertiary/aromatic N) is 9. The van der Waals surface area contributed by atoms with Gasteiger partial charge in [-0.1, -0.05) is 51.8 Å². The summed E-state index contributed by atoms with van der Waals surface area (Å²) in [5, 5.41) is 46.9. The third kappa shape index (κ3) is 23.8. The summed E-state index contributed by atoms with van der Waals surface area (Å²) in [7, 11) is 0. The summed E-state index contributed by atoms with van der Waals surface area (Å²) in [6, 6.07) is 41.6. The predicted octanol–water partition coefficient (Wildman–Crippen LogP) is 11.2. The molecule has 10 rings (SSSR count). The molecule has 0 bridgehead atoms. The number of anilines is 1. The van der Waals surface area contributed by atoms with Crippen molar-refractivity contribution >= 4 is 35.2 Å². The first-order valence-electron chi connectivity index (χ1n) is 22.3. The Morgan fingerprint density at radius 2 is 1.02 bits per heavy atom. The molecular formula is C57H45ClF5N10NaO7. The van der Waals surface area contributed by atoms with Gasteiger partial charge >= 0.3 is 29.6 Å². The number of nitrogen functional groups attached to an aromatic ring is 1. The Bertz CT molecular complexity index is 3460. The number of aromatic nitrogens is 5. The molecule has 5 aromatic heterocycles. The molecule has 0 aliphatic heterocycles. The molecule has 81 heavy (non-hydrogen) atoms. The molecule has 24 heteroatoms. The number of carbonyl (C=O) groups excluding carboxylic acids is 1. The summed E-state index contributed by atoms with van der Waals surface area (Å²) in [4.78, 5) is 29.7. The number of hydrogen-bond donors (Lipinski definition) is 3. The zero-order valence-electron chi connectivity index (χ0n) is 41.7. The Balaban J connectivity index is 0.000000336. The van der Waals surface area contributed by atoms with Crippen molar-refractivity contribution in [2.45, 2.75) is 13.8 Å². The van der Waals surface area contributed by atoms with Crippen LogP contribution >= 0.6 is 11.6 Å². The van der Waals surface area contributed by atoms with Gasteiger partial charge in [0.2, 0.25) is 5.88 Å². The van der Waals surface area contributed by atoms with Gasteiger partial charge in [-0.05, 0) is 168 Å². The quantitative estimate of drug-likeness (QED) is 0.0243. The SMILES string of the molecule is C.Fc1ccc(-c2nocc2-c2ccncc2)cc1.N#CCc1ccncc1.Nc1onc(-c2ccc(F)cc2)c1-c1ccncc1.O/N=C(\Cl)c1ccc(F)cc1.O/N=C/c1ccc(F)cc1.O=Cc1ccc(F)cc1.O=N[O-].[Na+]. The predicted molar refractivity (Wildman–Crippen MR) is 292 cm³/mol. The fraction of sp³-hybridized carbons (Fsp3) is 0.0351. The number of carbonyl (C=O) groups is 1. The molecule has 408 valence electrons. The number of nitrogens with two attached hydrogens (primary N) is 1. The van der Waals surface area contributed by atoms with Crippen molar-refractivity contribution in [1.29, 1.82) is 5.26 Å². The third-order valence-corrected chi connectivity index (χ3v) is 10.1. The van der Waals surface area contributed by atoms with Crippen molar-refractivity contribution in [1.82, 2.24) is 25.3 Å². The molecule has 0 aliphatic carbocycles. The number of hydrogen-bond acceptors (Lipinski definition) is 17. The van der Waals surface area contributed by atoms with Crippen LogP contribution in [0.15, 0.2) is 226 Å². The van der Waals surface area contributed by atoms with Crippen molar-refractivity contribution in [2.75, 3.05) is 5.73 Å². The van der Waals surface area contributed by atoms with Gasteiger partial charge in [-0.25, -0.2) is 22.0 Å². The van der Waals surface area contributed by atoms with E-state index in [2.05, 4.69) is 41.6 Å². The van der Waals surface area contributed by atoms with Crippen LogP contribution in [0.1, 0.15) is 34.5 Å². The molecule has 5 heterocycles. The van der Waals surface area contributed by atoms with Gasteiger partial charge in [0.1, 0.15) is 53.0 Å². The molecule has 0 unspecified atom stereocenters. The maximum Gasteiger partial charge on any atom is 1.00 e. The minimum atomic E-state index is -0.351. The monoisotopic (exact) mass is 1130 g/mol. The first-order valence-corrected chi connectivity index (χ1v) is 22.7. The molecule has 0 saturated carbocycles.